The van der Waals surface area contributed by atoms with Crippen molar-refractivity contribution in [2.75, 3.05) is 33.9 Å². The molecule has 6 nitrogen and oxygen atoms in total. The molecule has 0 spiro atoms. The summed E-state index contributed by atoms with van der Waals surface area (Å²) in [4.78, 5) is -0.435. The van der Waals surface area contributed by atoms with Crippen LogP contribution in [0.25, 0.3) is 0 Å². The number of ether oxygens (including phenoxy) is 2. The summed E-state index contributed by atoms with van der Waals surface area (Å²) in [5.41, 5.74) is 0. The van der Waals surface area contributed by atoms with Crippen molar-refractivity contribution in [3.63, 3.8) is 0 Å². The smallest absolute Gasteiger partial charge is 0.243 e. The van der Waals surface area contributed by atoms with Crippen molar-refractivity contribution in [2.45, 2.75) is 17.7 Å². The van der Waals surface area contributed by atoms with Crippen LogP contribution < -0.4 is 19.5 Å². The number of hydrogen-bond donors (Lipinski definition) is 2. The summed E-state index contributed by atoms with van der Waals surface area (Å²) in [5.74, 6) is -0.0918. The SMILES string of the molecule is COc1cc(F)c(S(=O)(=O)NCC[C@@H]2CCNC2)cc1OC. The van der Waals surface area contributed by atoms with E-state index in [0.29, 0.717) is 5.92 Å². The first kappa shape index (κ1) is 17.0. The van der Waals surface area contributed by atoms with Gasteiger partial charge in [0, 0.05) is 18.7 Å². The molecule has 8 heteroatoms. The van der Waals surface area contributed by atoms with Crippen LogP contribution in [0.4, 0.5) is 4.39 Å². The van der Waals surface area contributed by atoms with Gasteiger partial charge in [0.05, 0.1) is 14.2 Å². The first-order valence-corrected chi connectivity index (χ1v) is 8.58. The third-order valence-electron chi connectivity index (χ3n) is 3.73. The molecule has 1 aromatic carbocycles. The molecule has 0 aromatic heterocycles. The fourth-order valence-electron chi connectivity index (χ4n) is 2.48. The van der Waals surface area contributed by atoms with Crippen LogP contribution in [0.15, 0.2) is 17.0 Å². The Morgan fingerprint density at radius 2 is 2.00 bits per heavy atom. The van der Waals surface area contributed by atoms with Crippen molar-refractivity contribution in [3.8, 4) is 11.5 Å². The first-order chi connectivity index (χ1) is 10.5. The summed E-state index contributed by atoms with van der Waals surface area (Å²) in [5, 5.41) is 3.22. The van der Waals surface area contributed by atoms with Gasteiger partial charge in [0.1, 0.15) is 10.7 Å². The third kappa shape index (κ3) is 3.88. The van der Waals surface area contributed by atoms with Gasteiger partial charge >= 0.3 is 0 Å². The number of benzene rings is 1. The van der Waals surface area contributed by atoms with E-state index in [9.17, 15) is 12.8 Å². The second-order valence-corrected chi connectivity index (χ2v) is 6.92. The Kier molecular flexibility index (Phi) is 5.60. The first-order valence-electron chi connectivity index (χ1n) is 7.10. The molecule has 0 radical (unpaired) electrons. The standard InChI is InChI=1S/C14H21FN2O4S/c1-20-12-7-11(15)14(8-13(12)21-2)22(18,19)17-6-4-10-3-5-16-9-10/h7-8,10,16-17H,3-6,9H2,1-2H3/t10-/m0/s1. The van der Waals surface area contributed by atoms with Crippen LogP contribution in [0.2, 0.25) is 0 Å². The zero-order valence-electron chi connectivity index (χ0n) is 12.7. The van der Waals surface area contributed by atoms with Gasteiger partial charge in [-0.05, 0) is 31.8 Å². The van der Waals surface area contributed by atoms with Crippen molar-refractivity contribution in [3.05, 3.63) is 17.9 Å². The highest BCUT2D eigenvalue weighted by molar-refractivity contribution is 7.89. The van der Waals surface area contributed by atoms with Crippen molar-refractivity contribution in [1.82, 2.24) is 10.0 Å². The van der Waals surface area contributed by atoms with Crippen molar-refractivity contribution >= 4 is 10.0 Å². The Morgan fingerprint density at radius 3 is 2.59 bits per heavy atom. The second-order valence-electron chi connectivity index (χ2n) is 5.18. The number of hydrogen-bond acceptors (Lipinski definition) is 5. The summed E-state index contributed by atoms with van der Waals surface area (Å²) in [6.07, 6.45) is 1.76. The van der Waals surface area contributed by atoms with Crippen LogP contribution in [-0.4, -0.2) is 42.3 Å². The predicted molar refractivity (Wildman–Crippen MR) is 80.3 cm³/mol. The van der Waals surface area contributed by atoms with E-state index < -0.39 is 20.7 Å². The summed E-state index contributed by atoms with van der Waals surface area (Å²) in [6.45, 7) is 2.14. The molecular weight excluding hydrogens is 311 g/mol. The molecule has 1 aliphatic rings. The van der Waals surface area contributed by atoms with Crippen LogP contribution in [-0.2, 0) is 10.0 Å². The van der Waals surface area contributed by atoms with Gasteiger partial charge in [0.2, 0.25) is 10.0 Å². The van der Waals surface area contributed by atoms with Gasteiger partial charge in [0.25, 0.3) is 0 Å². The molecule has 0 aliphatic carbocycles. The molecule has 1 heterocycles. The lowest BCUT2D eigenvalue weighted by atomic mass is 10.1. The molecular formula is C14H21FN2O4S. The average molecular weight is 332 g/mol. The van der Waals surface area contributed by atoms with Crippen LogP contribution in [0, 0.1) is 11.7 Å². The van der Waals surface area contributed by atoms with Gasteiger partial charge in [-0.3, -0.25) is 0 Å². The molecule has 0 amide bonds. The highest BCUT2D eigenvalue weighted by atomic mass is 32.2. The largest absolute Gasteiger partial charge is 0.493 e. The zero-order chi connectivity index (χ0) is 16.2. The number of rotatable bonds is 7. The van der Waals surface area contributed by atoms with Gasteiger partial charge in [0.15, 0.2) is 11.5 Å². The maximum absolute atomic E-state index is 14.0. The lowest BCUT2D eigenvalue weighted by molar-refractivity contribution is 0.350. The molecule has 0 unspecified atom stereocenters. The van der Waals surface area contributed by atoms with E-state index in [0.717, 1.165) is 38.1 Å². The summed E-state index contributed by atoms with van der Waals surface area (Å²) in [7, 11) is -1.19. The fourth-order valence-corrected chi connectivity index (χ4v) is 3.60. The molecule has 1 atom stereocenters. The van der Waals surface area contributed by atoms with Crippen molar-refractivity contribution in [2.24, 2.45) is 5.92 Å². The minimum Gasteiger partial charge on any atom is -0.493 e. The Morgan fingerprint density at radius 1 is 1.32 bits per heavy atom. The lowest BCUT2D eigenvalue weighted by Crippen LogP contribution is -2.27. The maximum atomic E-state index is 14.0. The quantitative estimate of drug-likeness (QED) is 0.782. The zero-order valence-corrected chi connectivity index (χ0v) is 13.5. The van der Waals surface area contributed by atoms with Gasteiger partial charge in [-0.2, -0.15) is 0 Å². The molecule has 2 N–H and O–H groups in total. The monoisotopic (exact) mass is 332 g/mol. The van der Waals surface area contributed by atoms with Gasteiger partial charge in [-0.15, -0.1) is 0 Å². The molecule has 0 bridgehead atoms. The van der Waals surface area contributed by atoms with E-state index in [2.05, 4.69) is 10.0 Å². The number of halogens is 1. The van der Waals surface area contributed by atoms with E-state index in [1.54, 1.807) is 0 Å². The molecule has 22 heavy (non-hydrogen) atoms. The molecule has 1 fully saturated rings. The molecule has 1 saturated heterocycles. The van der Waals surface area contributed by atoms with E-state index >= 15 is 0 Å². The van der Waals surface area contributed by atoms with Gasteiger partial charge in [-0.1, -0.05) is 0 Å². The van der Waals surface area contributed by atoms with E-state index in [4.69, 9.17) is 9.47 Å². The molecule has 1 aromatic rings. The minimum atomic E-state index is -3.92. The Labute approximate surface area is 130 Å². The summed E-state index contributed by atoms with van der Waals surface area (Å²) >= 11 is 0. The van der Waals surface area contributed by atoms with E-state index in [-0.39, 0.29) is 18.0 Å². The highest BCUT2D eigenvalue weighted by Crippen LogP contribution is 2.31. The predicted octanol–water partition coefficient (Wildman–Crippen LogP) is 1.12. The van der Waals surface area contributed by atoms with Crippen LogP contribution in [0.3, 0.4) is 0 Å². The number of sulfonamides is 1. The Bertz CT molecular complexity index is 616. The van der Waals surface area contributed by atoms with Crippen molar-refractivity contribution in [1.29, 1.82) is 0 Å². The maximum Gasteiger partial charge on any atom is 0.243 e. The molecule has 124 valence electrons. The van der Waals surface area contributed by atoms with Gasteiger partial charge < -0.3 is 14.8 Å². The normalized spacial score (nSPS) is 18.4. The Hall–Kier alpha value is -1.38. The lowest BCUT2D eigenvalue weighted by Gasteiger charge is -2.13. The number of methoxy groups -OCH3 is 2. The summed E-state index contributed by atoms with van der Waals surface area (Å²) in [6, 6.07) is 2.14. The fraction of sp³-hybridized carbons (Fsp3) is 0.571. The van der Waals surface area contributed by atoms with Crippen LogP contribution in [0.1, 0.15) is 12.8 Å². The van der Waals surface area contributed by atoms with Crippen LogP contribution in [0.5, 0.6) is 11.5 Å². The van der Waals surface area contributed by atoms with Gasteiger partial charge in [-0.25, -0.2) is 17.5 Å². The van der Waals surface area contributed by atoms with Crippen LogP contribution >= 0.6 is 0 Å². The average Bonchev–Trinajstić information content (AvgIpc) is 2.99. The summed E-state index contributed by atoms with van der Waals surface area (Å²) < 4.78 is 50.9. The molecule has 1 aliphatic heterocycles. The highest BCUT2D eigenvalue weighted by Gasteiger charge is 2.23. The molecule has 0 saturated carbocycles. The van der Waals surface area contributed by atoms with E-state index in [1.165, 1.54) is 14.2 Å². The topological polar surface area (TPSA) is 76.7 Å². The molecule has 2 rings (SSSR count). The second kappa shape index (κ2) is 7.26. The number of nitrogens with one attached hydrogen (secondary N) is 2. The minimum absolute atomic E-state index is 0.149. The Balaban J connectivity index is 2.10. The third-order valence-corrected chi connectivity index (χ3v) is 5.21. The van der Waals surface area contributed by atoms with Crippen molar-refractivity contribution < 1.29 is 22.3 Å². The van der Waals surface area contributed by atoms with E-state index in [1.807, 2.05) is 0 Å².